The molecule has 1 aliphatic rings. The molecule has 7 heteroatoms. The molecule has 0 saturated carbocycles. The molecule has 184 valence electrons. The van der Waals surface area contributed by atoms with Gasteiger partial charge in [-0.2, -0.15) is 0 Å². The van der Waals surface area contributed by atoms with Gasteiger partial charge < -0.3 is 15.4 Å². The first-order chi connectivity index (χ1) is 17.6. The Hall–Kier alpha value is -3.68. The molecule has 0 saturated heterocycles. The summed E-state index contributed by atoms with van der Waals surface area (Å²) in [5, 5.41) is 6.46. The SMILES string of the molecule is COCCNCCc1cc(Nc2ncc3c(n2)-c2ccccc2[C@H](c2ccccc2F)C3)ccc1F. The Balaban J connectivity index is 1.39. The lowest BCUT2D eigenvalue weighted by Gasteiger charge is -2.27. The summed E-state index contributed by atoms with van der Waals surface area (Å²) in [5.74, 6) is -0.118. The molecule has 5 nitrogen and oxygen atoms in total. The van der Waals surface area contributed by atoms with Crippen molar-refractivity contribution in [1.82, 2.24) is 15.3 Å². The largest absolute Gasteiger partial charge is 0.383 e. The van der Waals surface area contributed by atoms with E-state index in [1.807, 2.05) is 36.4 Å². The summed E-state index contributed by atoms with van der Waals surface area (Å²) in [6.45, 7) is 1.99. The third-order valence-electron chi connectivity index (χ3n) is 6.52. The quantitative estimate of drug-likeness (QED) is 0.300. The van der Waals surface area contributed by atoms with Crippen LogP contribution in [0.5, 0.6) is 0 Å². The molecule has 2 N–H and O–H groups in total. The highest BCUT2D eigenvalue weighted by molar-refractivity contribution is 5.73. The summed E-state index contributed by atoms with van der Waals surface area (Å²) in [6, 6.07) is 19.9. The van der Waals surface area contributed by atoms with Crippen LogP contribution >= 0.6 is 0 Å². The van der Waals surface area contributed by atoms with E-state index >= 15 is 0 Å². The van der Waals surface area contributed by atoms with Crippen LogP contribution in [0.1, 0.15) is 28.2 Å². The van der Waals surface area contributed by atoms with Gasteiger partial charge in [-0.1, -0.05) is 42.5 Å². The van der Waals surface area contributed by atoms with E-state index in [9.17, 15) is 8.78 Å². The van der Waals surface area contributed by atoms with Gasteiger partial charge in [-0.15, -0.1) is 0 Å². The molecule has 0 unspecified atom stereocenters. The van der Waals surface area contributed by atoms with Crippen LogP contribution in [0.15, 0.2) is 72.9 Å². The molecule has 0 radical (unpaired) electrons. The molecule has 3 aromatic carbocycles. The van der Waals surface area contributed by atoms with Crippen molar-refractivity contribution in [2.24, 2.45) is 0 Å². The molecule has 0 fully saturated rings. The summed E-state index contributed by atoms with van der Waals surface area (Å²) >= 11 is 0. The maximum absolute atomic E-state index is 14.7. The Morgan fingerprint density at radius 3 is 2.58 bits per heavy atom. The molecular weight excluding hydrogens is 458 g/mol. The number of aromatic nitrogens is 2. The van der Waals surface area contributed by atoms with Crippen molar-refractivity contribution in [3.8, 4) is 11.3 Å². The van der Waals surface area contributed by atoms with Crippen LogP contribution in [-0.4, -0.2) is 36.8 Å². The van der Waals surface area contributed by atoms with Crippen LogP contribution < -0.4 is 10.6 Å². The highest BCUT2D eigenvalue weighted by Crippen LogP contribution is 2.42. The number of fused-ring (bicyclic) bond motifs is 3. The van der Waals surface area contributed by atoms with Crippen molar-refractivity contribution in [2.75, 3.05) is 32.1 Å². The molecule has 1 heterocycles. The van der Waals surface area contributed by atoms with Gasteiger partial charge >= 0.3 is 0 Å². The van der Waals surface area contributed by atoms with Crippen molar-refractivity contribution in [1.29, 1.82) is 0 Å². The summed E-state index contributed by atoms with van der Waals surface area (Å²) in [6.07, 6.45) is 2.98. The van der Waals surface area contributed by atoms with E-state index in [0.29, 0.717) is 43.1 Å². The Morgan fingerprint density at radius 2 is 1.75 bits per heavy atom. The van der Waals surface area contributed by atoms with Crippen LogP contribution in [0, 0.1) is 11.6 Å². The lowest BCUT2D eigenvalue weighted by Crippen LogP contribution is -2.22. The number of methoxy groups -OCH3 is 1. The van der Waals surface area contributed by atoms with Crippen LogP contribution in [0.2, 0.25) is 0 Å². The summed E-state index contributed by atoms with van der Waals surface area (Å²) in [7, 11) is 1.65. The fraction of sp³-hybridized carbons (Fsp3) is 0.241. The van der Waals surface area contributed by atoms with Crippen LogP contribution in [0.4, 0.5) is 20.4 Å². The molecule has 4 aromatic rings. The topological polar surface area (TPSA) is 59.1 Å². The van der Waals surface area contributed by atoms with E-state index < -0.39 is 0 Å². The van der Waals surface area contributed by atoms with Crippen molar-refractivity contribution < 1.29 is 13.5 Å². The normalized spacial score (nSPS) is 14.2. The monoisotopic (exact) mass is 486 g/mol. The Bertz CT molecular complexity index is 1360. The lowest BCUT2D eigenvalue weighted by atomic mass is 9.78. The van der Waals surface area contributed by atoms with Gasteiger partial charge in [0.15, 0.2) is 0 Å². The van der Waals surface area contributed by atoms with Gasteiger partial charge in [0.05, 0.1) is 12.3 Å². The molecule has 36 heavy (non-hydrogen) atoms. The average molecular weight is 487 g/mol. The van der Waals surface area contributed by atoms with Crippen LogP contribution in [-0.2, 0) is 17.6 Å². The minimum atomic E-state index is -0.242. The Morgan fingerprint density at radius 1 is 0.944 bits per heavy atom. The molecule has 0 spiro atoms. The van der Waals surface area contributed by atoms with Gasteiger partial charge in [0.1, 0.15) is 11.6 Å². The molecule has 0 bridgehead atoms. The standard InChI is InChI=1S/C29H28F2N4O/c1-36-15-14-32-13-12-19-16-21(10-11-26(19)30)34-29-33-18-20-17-25(23-7-4-5-9-27(23)31)22-6-2-3-8-24(22)28(20)35-29/h2-11,16,18,25,32H,12-15,17H2,1H3,(H,33,34,35)/t25-/m1/s1. The summed E-state index contributed by atoms with van der Waals surface area (Å²) in [4.78, 5) is 9.34. The second-order valence-electron chi connectivity index (χ2n) is 8.86. The number of nitrogens with one attached hydrogen (secondary N) is 2. The third kappa shape index (κ3) is 5.12. The number of ether oxygens (including phenoxy) is 1. The fourth-order valence-electron chi connectivity index (χ4n) is 4.73. The maximum Gasteiger partial charge on any atom is 0.227 e. The highest BCUT2D eigenvalue weighted by atomic mass is 19.1. The number of benzene rings is 3. The summed E-state index contributed by atoms with van der Waals surface area (Å²) < 4.78 is 34.0. The van der Waals surface area contributed by atoms with Crippen molar-refractivity contribution in [3.05, 3.63) is 107 Å². The molecule has 0 amide bonds. The Labute approximate surface area is 209 Å². The molecule has 1 atom stereocenters. The number of nitrogens with zero attached hydrogens (tertiary/aromatic N) is 2. The summed E-state index contributed by atoms with van der Waals surface area (Å²) in [5.41, 5.74) is 5.82. The van der Waals surface area contributed by atoms with Gasteiger partial charge in [-0.3, -0.25) is 0 Å². The predicted molar refractivity (Wildman–Crippen MR) is 138 cm³/mol. The van der Waals surface area contributed by atoms with Crippen molar-refractivity contribution >= 4 is 11.6 Å². The number of hydrogen-bond acceptors (Lipinski definition) is 5. The molecule has 0 aliphatic heterocycles. The minimum absolute atomic E-state index is 0.102. The maximum atomic E-state index is 14.7. The van der Waals surface area contributed by atoms with E-state index in [4.69, 9.17) is 9.72 Å². The first-order valence-corrected chi connectivity index (χ1v) is 12.1. The molecule has 1 aromatic heterocycles. The zero-order valence-electron chi connectivity index (χ0n) is 20.1. The number of halogens is 2. The van der Waals surface area contributed by atoms with Crippen LogP contribution in [0.25, 0.3) is 11.3 Å². The second-order valence-corrected chi connectivity index (χ2v) is 8.86. The number of hydrogen-bond donors (Lipinski definition) is 2. The number of rotatable bonds is 9. The fourth-order valence-corrected chi connectivity index (χ4v) is 4.73. The van der Waals surface area contributed by atoms with Crippen molar-refractivity contribution in [3.63, 3.8) is 0 Å². The predicted octanol–water partition coefficient (Wildman–Crippen LogP) is 5.63. The smallest absolute Gasteiger partial charge is 0.227 e. The molecular formula is C29H28F2N4O. The third-order valence-corrected chi connectivity index (χ3v) is 6.52. The highest BCUT2D eigenvalue weighted by Gasteiger charge is 2.29. The van der Waals surface area contributed by atoms with Gasteiger partial charge in [0, 0.05) is 37.0 Å². The second kappa shape index (κ2) is 10.9. The van der Waals surface area contributed by atoms with E-state index in [1.165, 1.54) is 12.1 Å². The van der Waals surface area contributed by atoms with E-state index in [-0.39, 0.29) is 17.6 Å². The first kappa shape index (κ1) is 24.0. The minimum Gasteiger partial charge on any atom is -0.383 e. The van der Waals surface area contributed by atoms with Crippen molar-refractivity contribution in [2.45, 2.75) is 18.8 Å². The molecule has 5 rings (SSSR count). The van der Waals surface area contributed by atoms with E-state index in [1.54, 1.807) is 31.5 Å². The zero-order chi connectivity index (χ0) is 24.9. The first-order valence-electron chi connectivity index (χ1n) is 12.1. The molecule has 1 aliphatic carbocycles. The average Bonchev–Trinajstić information content (AvgIpc) is 2.90. The van der Waals surface area contributed by atoms with Gasteiger partial charge in [-0.25, -0.2) is 18.7 Å². The van der Waals surface area contributed by atoms with Gasteiger partial charge in [-0.05, 0) is 65.9 Å². The van der Waals surface area contributed by atoms with Gasteiger partial charge in [0.2, 0.25) is 5.95 Å². The van der Waals surface area contributed by atoms with Crippen LogP contribution in [0.3, 0.4) is 0 Å². The van der Waals surface area contributed by atoms with E-state index in [0.717, 1.165) is 34.6 Å². The van der Waals surface area contributed by atoms with Gasteiger partial charge in [0.25, 0.3) is 0 Å². The number of anilines is 2. The lowest BCUT2D eigenvalue weighted by molar-refractivity contribution is 0.199. The Kier molecular flexibility index (Phi) is 7.30. The zero-order valence-corrected chi connectivity index (χ0v) is 20.1. The van der Waals surface area contributed by atoms with E-state index in [2.05, 4.69) is 15.6 Å².